The van der Waals surface area contributed by atoms with Crippen molar-refractivity contribution in [3.8, 4) is 0 Å². The fourth-order valence-corrected chi connectivity index (χ4v) is 7.85. The van der Waals surface area contributed by atoms with E-state index >= 15 is 0 Å². The number of ether oxygens (including phenoxy) is 1. The molecule has 220 valence electrons. The molecule has 9 heteroatoms. The average molecular weight is 724 g/mol. The second-order valence-corrected chi connectivity index (χ2v) is 13.3. The Hall–Kier alpha value is -3.07. The predicted octanol–water partition coefficient (Wildman–Crippen LogP) is 7.72. The number of rotatable bonds is 6. The van der Waals surface area contributed by atoms with Crippen molar-refractivity contribution in [2.24, 2.45) is 5.92 Å². The van der Waals surface area contributed by atoms with E-state index in [1.807, 2.05) is 47.5 Å². The van der Waals surface area contributed by atoms with E-state index in [2.05, 4.69) is 49.0 Å². The number of hydrogen-bond donors (Lipinski definition) is 0. The number of halogens is 3. The molecule has 1 atom stereocenters. The van der Waals surface area contributed by atoms with E-state index in [4.69, 9.17) is 21.3 Å². The molecule has 1 saturated heterocycles. The number of fused-ring (bicyclic) bond motifs is 2. The largest absolute Gasteiger partial charge is 0.457 e. The summed E-state index contributed by atoms with van der Waals surface area (Å²) in [5, 5.41) is 0.726. The minimum absolute atomic E-state index is 0.00144. The predicted molar refractivity (Wildman–Crippen MR) is 173 cm³/mol. The van der Waals surface area contributed by atoms with Crippen LogP contribution in [0.5, 0.6) is 0 Å². The van der Waals surface area contributed by atoms with E-state index in [9.17, 15) is 9.59 Å². The van der Waals surface area contributed by atoms with E-state index < -0.39 is 5.97 Å². The Kier molecular flexibility index (Phi) is 9.26. The number of aryl methyl sites for hydroxylation is 2. The van der Waals surface area contributed by atoms with Gasteiger partial charge in [0.05, 0.1) is 17.7 Å². The van der Waals surface area contributed by atoms with Crippen LogP contribution in [0, 0.1) is 5.92 Å². The van der Waals surface area contributed by atoms with Gasteiger partial charge in [0.1, 0.15) is 6.61 Å². The summed E-state index contributed by atoms with van der Waals surface area (Å²) in [5.41, 5.74) is 6.74. The molecule has 1 aliphatic heterocycles. The van der Waals surface area contributed by atoms with Crippen LogP contribution in [0.3, 0.4) is 0 Å². The summed E-state index contributed by atoms with van der Waals surface area (Å²) in [7, 11) is 0. The summed E-state index contributed by atoms with van der Waals surface area (Å²) in [4.78, 5) is 37.4. The van der Waals surface area contributed by atoms with Crippen LogP contribution in [0.15, 0.2) is 82.1 Å². The molecule has 0 N–H and O–H groups in total. The summed E-state index contributed by atoms with van der Waals surface area (Å²) in [5.74, 6) is -0.0571. The molecule has 2 aromatic carbocycles. The van der Waals surface area contributed by atoms with E-state index in [1.165, 1.54) is 22.9 Å². The molecule has 2 aromatic heterocycles. The van der Waals surface area contributed by atoms with Gasteiger partial charge in [-0.3, -0.25) is 14.8 Å². The molecule has 1 amide bonds. The molecule has 0 spiro atoms. The standard InChI is InChI=1S/C34H30Br2ClN3O3/c35-26-14-25-7-6-24-15-27(37)17-29(36)31(24)32(33(25)39-18-26)22-9-12-40(13-10-22)30(41)16-23-8-11-38-19-28(23)34(42)43-20-21-4-2-1-3-5-21/h1-5,8,11,14-15,17-19,22,32H,6-7,9-10,12-13,16,20H2/t32-/m1/s1. The molecule has 1 aliphatic carbocycles. The first-order valence-electron chi connectivity index (χ1n) is 14.4. The van der Waals surface area contributed by atoms with Crippen LogP contribution >= 0.6 is 43.5 Å². The Morgan fingerprint density at radius 2 is 1.74 bits per heavy atom. The number of amides is 1. The number of pyridine rings is 2. The molecule has 6 nitrogen and oxygen atoms in total. The molecule has 4 aromatic rings. The number of likely N-dealkylation sites (tertiary alicyclic amines) is 1. The third-order valence-electron chi connectivity index (χ3n) is 8.47. The maximum atomic E-state index is 13.5. The van der Waals surface area contributed by atoms with Crippen LogP contribution in [0.2, 0.25) is 5.02 Å². The third kappa shape index (κ3) is 6.71. The molecule has 3 heterocycles. The van der Waals surface area contributed by atoms with Gasteiger partial charge in [0.2, 0.25) is 5.91 Å². The maximum absolute atomic E-state index is 13.5. The lowest BCUT2D eigenvalue weighted by molar-refractivity contribution is -0.131. The molecular formula is C34H30Br2ClN3O3. The van der Waals surface area contributed by atoms with E-state index in [-0.39, 0.29) is 24.9 Å². The van der Waals surface area contributed by atoms with Gasteiger partial charge < -0.3 is 9.64 Å². The first-order valence-corrected chi connectivity index (χ1v) is 16.4. The van der Waals surface area contributed by atoms with E-state index in [0.29, 0.717) is 30.1 Å². The van der Waals surface area contributed by atoms with Gasteiger partial charge in [-0.2, -0.15) is 0 Å². The van der Waals surface area contributed by atoms with Crippen molar-refractivity contribution in [2.75, 3.05) is 13.1 Å². The Balaban J connectivity index is 1.16. The maximum Gasteiger partial charge on any atom is 0.340 e. The van der Waals surface area contributed by atoms with Crippen LogP contribution in [0.1, 0.15) is 62.6 Å². The van der Waals surface area contributed by atoms with Gasteiger partial charge in [-0.25, -0.2) is 4.79 Å². The van der Waals surface area contributed by atoms with Crippen LogP contribution in [-0.2, 0) is 35.4 Å². The minimum Gasteiger partial charge on any atom is -0.457 e. The van der Waals surface area contributed by atoms with Gasteiger partial charge in [0, 0.05) is 51.6 Å². The first-order chi connectivity index (χ1) is 20.9. The summed E-state index contributed by atoms with van der Waals surface area (Å²) in [6.45, 7) is 1.45. The van der Waals surface area contributed by atoms with Crippen molar-refractivity contribution in [1.29, 1.82) is 0 Å². The second kappa shape index (κ2) is 13.3. The lowest BCUT2D eigenvalue weighted by atomic mass is 9.76. The molecule has 1 fully saturated rings. The zero-order chi connectivity index (χ0) is 29.9. The van der Waals surface area contributed by atoms with Gasteiger partial charge in [-0.15, -0.1) is 0 Å². The van der Waals surface area contributed by atoms with Crippen molar-refractivity contribution in [2.45, 2.75) is 44.6 Å². The zero-order valence-corrected chi connectivity index (χ0v) is 27.4. The highest BCUT2D eigenvalue weighted by Crippen LogP contribution is 2.46. The zero-order valence-electron chi connectivity index (χ0n) is 23.4. The number of piperidine rings is 1. The number of benzene rings is 2. The van der Waals surface area contributed by atoms with Crippen LogP contribution in [0.25, 0.3) is 0 Å². The van der Waals surface area contributed by atoms with Crippen molar-refractivity contribution in [3.63, 3.8) is 0 Å². The summed E-state index contributed by atoms with van der Waals surface area (Å²) >= 11 is 13.9. The Labute approximate surface area is 273 Å². The highest BCUT2D eigenvalue weighted by atomic mass is 79.9. The molecule has 43 heavy (non-hydrogen) atoms. The van der Waals surface area contributed by atoms with Gasteiger partial charge in [-0.1, -0.05) is 57.9 Å². The number of carbonyl (C=O) groups is 2. The van der Waals surface area contributed by atoms with Crippen LogP contribution < -0.4 is 0 Å². The molecule has 0 bridgehead atoms. The molecule has 0 unspecified atom stereocenters. The first kappa shape index (κ1) is 30.0. The fraction of sp³-hybridized carbons (Fsp3) is 0.294. The van der Waals surface area contributed by atoms with Gasteiger partial charge in [0.15, 0.2) is 0 Å². The van der Waals surface area contributed by atoms with Crippen molar-refractivity contribution in [3.05, 3.63) is 126 Å². The van der Waals surface area contributed by atoms with Crippen molar-refractivity contribution < 1.29 is 14.3 Å². The quantitative estimate of drug-likeness (QED) is 0.191. The van der Waals surface area contributed by atoms with Crippen molar-refractivity contribution >= 4 is 55.3 Å². The average Bonchev–Trinajstić information content (AvgIpc) is 3.17. The SMILES string of the molecule is O=C(OCc1ccccc1)c1cnccc1CC(=O)N1CCC([C@H]2c3ncc(Br)cc3CCc3cc(Cl)cc(Br)c32)CC1. The summed E-state index contributed by atoms with van der Waals surface area (Å²) in [6.07, 6.45) is 8.60. The van der Waals surface area contributed by atoms with E-state index in [0.717, 1.165) is 50.9 Å². The van der Waals surface area contributed by atoms with Crippen LogP contribution in [0.4, 0.5) is 0 Å². The lowest BCUT2D eigenvalue weighted by Crippen LogP contribution is -2.41. The monoisotopic (exact) mass is 721 g/mol. The smallest absolute Gasteiger partial charge is 0.340 e. The molecule has 0 radical (unpaired) electrons. The van der Waals surface area contributed by atoms with Gasteiger partial charge in [0.25, 0.3) is 0 Å². The van der Waals surface area contributed by atoms with Crippen LogP contribution in [-0.4, -0.2) is 39.8 Å². The number of carbonyl (C=O) groups excluding carboxylic acids is 2. The number of esters is 1. The summed E-state index contributed by atoms with van der Waals surface area (Å²) in [6, 6.07) is 17.5. The highest BCUT2D eigenvalue weighted by molar-refractivity contribution is 9.10. The lowest BCUT2D eigenvalue weighted by Gasteiger charge is -2.37. The van der Waals surface area contributed by atoms with Gasteiger partial charge >= 0.3 is 5.97 Å². The Morgan fingerprint density at radius 3 is 2.53 bits per heavy atom. The van der Waals surface area contributed by atoms with Gasteiger partial charge in [-0.05, 0) is 99.6 Å². The molecule has 6 rings (SSSR count). The number of hydrogen-bond acceptors (Lipinski definition) is 5. The minimum atomic E-state index is -0.478. The number of aromatic nitrogens is 2. The van der Waals surface area contributed by atoms with E-state index in [1.54, 1.807) is 12.3 Å². The topological polar surface area (TPSA) is 72.4 Å². The molecule has 2 aliphatic rings. The Bertz CT molecular complexity index is 1660. The molecule has 0 saturated carbocycles. The second-order valence-electron chi connectivity index (χ2n) is 11.1. The summed E-state index contributed by atoms with van der Waals surface area (Å²) < 4.78 is 7.52. The fourth-order valence-electron chi connectivity index (χ4n) is 6.35. The third-order valence-corrected chi connectivity index (χ3v) is 9.77. The van der Waals surface area contributed by atoms with Crippen molar-refractivity contribution in [1.82, 2.24) is 14.9 Å². The molecular weight excluding hydrogens is 694 g/mol. The number of nitrogens with zero attached hydrogens (tertiary/aromatic N) is 3. The highest BCUT2D eigenvalue weighted by Gasteiger charge is 2.36. The Morgan fingerprint density at radius 1 is 0.977 bits per heavy atom. The normalized spacial score (nSPS) is 16.6.